The summed E-state index contributed by atoms with van der Waals surface area (Å²) in [5, 5.41) is 11.5. The number of carbonyl (C=O) groups is 1. The van der Waals surface area contributed by atoms with Gasteiger partial charge in [-0.1, -0.05) is 18.2 Å². The van der Waals surface area contributed by atoms with E-state index in [1.165, 1.54) is 10.9 Å². The molecule has 1 aliphatic carbocycles. The summed E-state index contributed by atoms with van der Waals surface area (Å²) < 4.78 is 9.05. The molecule has 1 amide bonds. The van der Waals surface area contributed by atoms with Crippen molar-refractivity contribution < 1.29 is 14.6 Å². The number of fused-ring (bicyclic) bond motifs is 1. The molecule has 2 aromatic heterocycles. The van der Waals surface area contributed by atoms with E-state index < -0.39 is 6.09 Å². The lowest BCUT2D eigenvalue weighted by Crippen LogP contribution is -2.38. The normalized spacial score (nSPS) is 18.0. The van der Waals surface area contributed by atoms with Crippen LogP contribution in [0.3, 0.4) is 0 Å². The van der Waals surface area contributed by atoms with Crippen LogP contribution >= 0.6 is 0 Å². The van der Waals surface area contributed by atoms with Gasteiger partial charge in [0, 0.05) is 12.1 Å². The van der Waals surface area contributed by atoms with Gasteiger partial charge in [-0.3, -0.25) is 9.13 Å². The van der Waals surface area contributed by atoms with Crippen molar-refractivity contribution in [3.05, 3.63) is 71.4 Å². The monoisotopic (exact) mass is 460 g/mol. The first-order chi connectivity index (χ1) is 16.5. The van der Waals surface area contributed by atoms with Crippen LogP contribution < -0.4 is 21.5 Å². The Hall–Kier alpha value is -4.34. The lowest BCUT2D eigenvalue weighted by molar-refractivity contribution is 0.182. The molecule has 0 aliphatic heterocycles. The maximum Gasteiger partial charge on any atom is 0.404 e. The van der Waals surface area contributed by atoms with Gasteiger partial charge in [-0.25, -0.2) is 19.6 Å². The van der Waals surface area contributed by atoms with Gasteiger partial charge in [-0.05, 0) is 62.1 Å². The molecule has 0 bridgehead atoms. The van der Waals surface area contributed by atoms with Gasteiger partial charge < -0.3 is 20.9 Å². The number of nitrogens with one attached hydrogen (secondary N) is 1. The van der Waals surface area contributed by atoms with Crippen LogP contribution in [0.2, 0.25) is 0 Å². The van der Waals surface area contributed by atoms with E-state index in [2.05, 4.69) is 15.3 Å². The molecule has 1 fully saturated rings. The summed E-state index contributed by atoms with van der Waals surface area (Å²) in [5.41, 5.74) is 7.48. The van der Waals surface area contributed by atoms with E-state index in [-0.39, 0.29) is 23.6 Å². The van der Waals surface area contributed by atoms with Crippen molar-refractivity contribution in [3.63, 3.8) is 0 Å². The number of rotatable bonds is 5. The maximum atomic E-state index is 13.6. The number of amides is 1. The average molecular weight is 460 g/mol. The van der Waals surface area contributed by atoms with Gasteiger partial charge >= 0.3 is 11.8 Å². The first-order valence-electron chi connectivity index (χ1n) is 11.1. The van der Waals surface area contributed by atoms with E-state index in [1.807, 2.05) is 30.3 Å². The first kappa shape index (κ1) is 21.5. The zero-order valence-electron chi connectivity index (χ0n) is 18.3. The molecule has 2 aromatic carbocycles. The molecule has 10 heteroatoms. The second-order valence-electron chi connectivity index (χ2n) is 8.28. The topological polar surface area (TPSA) is 137 Å². The Balaban J connectivity index is 1.49. The van der Waals surface area contributed by atoms with E-state index in [0.29, 0.717) is 48.3 Å². The SMILES string of the molecule is Nc1ncnc2c1n(-c1ccc(Oc3ccccc3)cc1)c(=O)n2[C@H]1CC[C@@H](NC(=O)O)CC1. The largest absolute Gasteiger partial charge is 0.465 e. The number of nitrogens with zero attached hydrogens (tertiary/aromatic N) is 4. The van der Waals surface area contributed by atoms with Crippen molar-refractivity contribution in [3.8, 4) is 17.2 Å². The highest BCUT2D eigenvalue weighted by Crippen LogP contribution is 2.32. The highest BCUT2D eigenvalue weighted by molar-refractivity contribution is 5.84. The summed E-state index contributed by atoms with van der Waals surface area (Å²) in [6.07, 6.45) is 2.91. The third kappa shape index (κ3) is 4.05. The third-order valence-corrected chi connectivity index (χ3v) is 6.14. The van der Waals surface area contributed by atoms with E-state index in [4.69, 9.17) is 15.6 Å². The van der Waals surface area contributed by atoms with Crippen molar-refractivity contribution in [1.82, 2.24) is 24.4 Å². The van der Waals surface area contributed by atoms with Crippen LogP contribution in [0, 0.1) is 0 Å². The van der Waals surface area contributed by atoms with E-state index in [1.54, 1.807) is 28.8 Å². The minimum atomic E-state index is -1.03. The second-order valence-corrected chi connectivity index (χ2v) is 8.28. The maximum absolute atomic E-state index is 13.6. The molecule has 0 radical (unpaired) electrons. The molecule has 2 heterocycles. The molecule has 34 heavy (non-hydrogen) atoms. The van der Waals surface area contributed by atoms with Gasteiger partial charge in [-0.15, -0.1) is 0 Å². The Bertz CT molecular complexity index is 1370. The van der Waals surface area contributed by atoms with Crippen LogP contribution in [0.15, 0.2) is 65.7 Å². The highest BCUT2D eigenvalue weighted by Gasteiger charge is 2.29. The molecule has 4 aromatic rings. The van der Waals surface area contributed by atoms with Gasteiger partial charge in [0.05, 0.1) is 5.69 Å². The number of nitrogens with two attached hydrogens (primary N) is 1. The molecule has 5 rings (SSSR count). The lowest BCUT2D eigenvalue weighted by Gasteiger charge is -2.28. The Morgan fingerprint density at radius 1 is 1.00 bits per heavy atom. The first-order valence-corrected chi connectivity index (χ1v) is 11.1. The fraction of sp³-hybridized carbons (Fsp3) is 0.250. The number of para-hydroxylation sites is 1. The van der Waals surface area contributed by atoms with Gasteiger partial charge in [0.25, 0.3) is 0 Å². The number of carboxylic acid groups (broad SMARTS) is 1. The van der Waals surface area contributed by atoms with Crippen molar-refractivity contribution in [1.29, 1.82) is 0 Å². The lowest BCUT2D eigenvalue weighted by atomic mass is 9.91. The number of aromatic nitrogens is 4. The average Bonchev–Trinajstić information content (AvgIpc) is 3.13. The standard InChI is InChI=1S/C24H24N6O4/c25-21-20-22(27-14-26-21)30(17-8-6-15(7-9-17)28-23(31)32)24(33)29(20)16-10-12-19(13-11-16)34-18-4-2-1-3-5-18/h1-5,10-15,17,28H,6-9H2,(H,31,32)(H2,25,26,27)/t15-,17+. The summed E-state index contributed by atoms with van der Waals surface area (Å²) in [4.78, 5) is 33.1. The molecule has 0 spiro atoms. The van der Waals surface area contributed by atoms with Crippen molar-refractivity contribution in [2.45, 2.75) is 37.8 Å². The van der Waals surface area contributed by atoms with Gasteiger partial charge in [-0.2, -0.15) is 0 Å². The Morgan fingerprint density at radius 2 is 1.68 bits per heavy atom. The molecule has 174 valence electrons. The summed E-state index contributed by atoms with van der Waals surface area (Å²) in [5.74, 6) is 1.57. The molecule has 1 saturated carbocycles. The Kier molecular flexibility index (Phi) is 5.62. The molecule has 0 saturated heterocycles. The predicted molar refractivity (Wildman–Crippen MR) is 127 cm³/mol. The number of hydrogen-bond donors (Lipinski definition) is 3. The summed E-state index contributed by atoms with van der Waals surface area (Å²) in [6, 6.07) is 16.4. The summed E-state index contributed by atoms with van der Waals surface area (Å²) in [7, 11) is 0. The fourth-order valence-corrected chi connectivity index (χ4v) is 4.58. The summed E-state index contributed by atoms with van der Waals surface area (Å²) >= 11 is 0. The zero-order valence-corrected chi connectivity index (χ0v) is 18.3. The number of benzene rings is 2. The van der Waals surface area contributed by atoms with Crippen LogP contribution in [-0.4, -0.2) is 36.3 Å². The highest BCUT2D eigenvalue weighted by atomic mass is 16.5. The number of anilines is 1. The molecule has 10 nitrogen and oxygen atoms in total. The van der Waals surface area contributed by atoms with E-state index in [0.717, 1.165) is 5.75 Å². The third-order valence-electron chi connectivity index (χ3n) is 6.14. The van der Waals surface area contributed by atoms with Crippen LogP contribution in [-0.2, 0) is 0 Å². The fourth-order valence-electron chi connectivity index (χ4n) is 4.58. The second kappa shape index (κ2) is 8.89. The van der Waals surface area contributed by atoms with Crippen LogP contribution in [0.25, 0.3) is 16.9 Å². The van der Waals surface area contributed by atoms with Crippen molar-refractivity contribution in [2.75, 3.05) is 5.73 Å². The van der Waals surface area contributed by atoms with E-state index in [9.17, 15) is 9.59 Å². The predicted octanol–water partition coefficient (Wildman–Crippen LogP) is 3.71. The zero-order chi connectivity index (χ0) is 23.7. The van der Waals surface area contributed by atoms with Gasteiger partial charge in [0.1, 0.15) is 23.3 Å². The smallest absolute Gasteiger partial charge is 0.404 e. The molecular formula is C24H24N6O4. The van der Waals surface area contributed by atoms with Crippen LogP contribution in [0.5, 0.6) is 11.5 Å². The molecule has 0 atom stereocenters. The minimum absolute atomic E-state index is 0.113. The number of nitrogen functional groups attached to an aromatic ring is 1. The number of ether oxygens (including phenoxy) is 1. The molecule has 4 N–H and O–H groups in total. The van der Waals surface area contributed by atoms with Crippen molar-refractivity contribution in [2.24, 2.45) is 0 Å². The number of hydrogen-bond acceptors (Lipinski definition) is 6. The Morgan fingerprint density at radius 3 is 2.35 bits per heavy atom. The molecule has 1 aliphatic rings. The molecular weight excluding hydrogens is 436 g/mol. The van der Waals surface area contributed by atoms with Gasteiger partial charge in [0.15, 0.2) is 11.5 Å². The van der Waals surface area contributed by atoms with Crippen molar-refractivity contribution >= 4 is 23.1 Å². The van der Waals surface area contributed by atoms with Crippen LogP contribution in [0.1, 0.15) is 31.7 Å². The Labute approximate surface area is 194 Å². The number of imidazole rings is 1. The van der Waals surface area contributed by atoms with Crippen LogP contribution in [0.4, 0.5) is 10.6 Å². The van der Waals surface area contributed by atoms with Gasteiger partial charge in [0.2, 0.25) is 0 Å². The minimum Gasteiger partial charge on any atom is -0.465 e. The molecule has 0 unspecified atom stereocenters. The van der Waals surface area contributed by atoms with E-state index >= 15 is 0 Å². The summed E-state index contributed by atoms with van der Waals surface area (Å²) in [6.45, 7) is 0. The quantitative estimate of drug-likeness (QED) is 0.413.